The number of halogens is 4. The molecule has 2 fully saturated rings. The van der Waals surface area contributed by atoms with Crippen LogP contribution in [0, 0.1) is 5.92 Å². The molecule has 6 nitrogen and oxygen atoms in total. The highest BCUT2D eigenvalue weighted by atomic mass is 32.2. The molecule has 35 heavy (non-hydrogen) atoms. The van der Waals surface area contributed by atoms with Gasteiger partial charge in [-0.15, -0.1) is 11.8 Å². The van der Waals surface area contributed by atoms with E-state index in [4.69, 9.17) is 0 Å². The lowest BCUT2D eigenvalue weighted by molar-refractivity contribution is -0.119. The number of thioether (sulfide) groups is 1. The molecule has 3 N–H and O–H groups in total. The van der Waals surface area contributed by atoms with Gasteiger partial charge in [-0.25, -0.2) is 27.5 Å². The van der Waals surface area contributed by atoms with Crippen LogP contribution in [0.25, 0.3) is 11.2 Å². The number of hydrogen-bond donors (Lipinski definition) is 3. The number of nitrogens with zero attached hydrogens (tertiary/aromatic N) is 2. The highest BCUT2D eigenvalue weighted by Crippen LogP contribution is 2.49. The number of anilines is 3. The second-order valence-electron chi connectivity index (χ2n) is 8.40. The van der Waals surface area contributed by atoms with E-state index in [0.29, 0.717) is 11.6 Å². The molecule has 1 aromatic carbocycles. The number of imidazole rings is 1. The van der Waals surface area contributed by atoms with E-state index in [9.17, 15) is 22.4 Å². The van der Waals surface area contributed by atoms with Gasteiger partial charge in [0.25, 0.3) is 12.3 Å². The summed E-state index contributed by atoms with van der Waals surface area (Å²) in [4.78, 5) is 23.6. The number of aromatic amines is 1. The zero-order valence-electron chi connectivity index (χ0n) is 19.6. The van der Waals surface area contributed by atoms with Gasteiger partial charge in [0.2, 0.25) is 5.91 Å². The van der Waals surface area contributed by atoms with Gasteiger partial charge in [0, 0.05) is 17.4 Å². The first-order chi connectivity index (χ1) is 16.7. The minimum Gasteiger partial charge on any atom is -0.353 e. The quantitative estimate of drug-likeness (QED) is 0.231. The zero-order chi connectivity index (χ0) is 25.3. The number of alkyl halides is 4. The van der Waals surface area contributed by atoms with Crippen LogP contribution in [-0.2, 0) is 4.79 Å². The van der Waals surface area contributed by atoms with Crippen molar-refractivity contribution in [3.8, 4) is 0 Å². The van der Waals surface area contributed by atoms with Crippen molar-refractivity contribution in [1.29, 1.82) is 0 Å². The first kappa shape index (κ1) is 25.3. The maximum atomic E-state index is 13.3. The van der Waals surface area contributed by atoms with Crippen LogP contribution in [0.15, 0.2) is 29.2 Å². The molecule has 1 atom stereocenters. The molecule has 2 aliphatic carbocycles. The van der Waals surface area contributed by atoms with Crippen LogP contribution >= 0.6 is 11.8 Å². The monoisotopic (exact) mass is 509 g/mol. The molecule has 2 aliphatic rings. The molecule has 0 aliphatic heterocycles. The molecular formula is C24H27F4N5OS. The molecule has 1 unspecified atom stereocenters. The number of aromatic nitrogens is 3. The fraction of sp³-hybridized carbons (Fsp3) is 0.458. The molecule has 5 rings (SSSR count). The van der Waals surface area contributed by atoms with Crippen LogP contribution in [0.5, 0.6) is 0 Å². The molecular weight excluding hydrogens is 482 g/mol. The lowest BCUT2D eigenvalue weighted by atomic mass is 9.80. The molecule has 2 heterocycles. The van der Waals surface area contributed by atoms with E-state index in [1.165, 1.54) is 30.9 Å². The molecule has 2 saturated carbocycles. The molecule has 2 aromatic heterocycles. The van der Waals surface area contributed by atoms with E-state index < -0.39 is 36.4 Å². The first-order valence-corrected chi connectivity index (χ1v) is 12.8. The summed E-state index contributed by atoms with van der Waals surface area (Å²) in [6.45, 7) is 4.00. The van der Waals surface area contributed by atoms with Gasteiger partial charge < -0.3 is 15.6 Å². The Balaban J connectivity index is 0.00000141. The highest BCUT2D eigenvalue weighted by Gasteiger charge is 2.61. The minimum absolute atomic E-state index is 0.0400. The molecule has 0 saturated heterocycles. The van der Waals surface area contributed by atoms with Crippen LogP contribution in [0.1, 0.15) is 63.3 Å². The first-order valence-electron chi connectivity index (χ1n) is 11.6. The van der Waals surface area contributed by atoms with Crippen LogP contribution in [0.2, 0.25) is 0 Å². The maximum Gasteiger partial charge on any atom is 0.295 e. The highest BCUT2D eigenvalue weighted by molar-refractivity contribution is 7.98. The van der Waals surface area contributed by atoms with Crippen molar-refractivity contribution < 1.29 is 22.4 Å². The SMILES string of the molecule is CC.CSc1cc(C2CCC2)ccc1Nc1cc(NC(=O)C2CC2(F)F)nc2nc(C(F)F)[nH]c12. The van der Waals surface area contributed by atoms with Gasteiger partial charge in [0.1, 0.15) is 17.3 Å². The van der Waals surface area contributed by atoms with E-state index in [0.717, 1.165) is 10.6 Å². The van der Waals surface area contributed by atoms with Crippen LogP contribution in [0.3, 0.4) is 0 Å². The Morgan fingerprint density at radius 2 is 1.89 bits per heavy atom. The topological polar surface area (TPSA) is 82.7 Å². The van der Waals surface area contributed by atoms with Gasteiger partial charge in [-0.1, -0.05) is 26.3 Å². The molecule has 188 valence electrons. The summed E-state index contributed by atoms with van der Waals surface area (Å²) in [5.41, 5.74) is 2.54. The standard InChI is InChI=1S/C22H21F4N5OS.C2H6/c1-33-15-7-11(10-3-2-4-10)5-6-13(15)27-14-8-16(29-21(32)12-9-22(12,25)26)28-19-17(14)30-20(31-19)18(23)24;1-2/h5-8,10,12,18H,2-4,9H2,1H3,(H3,27,28,29,30,31,32);1-2H3. The van der Waals surface area contributed by atoms with Crippen molar-refractivity contribution in [3.63, 3.8) is 0 Å². The van der Waals surface area contributed by atoms with Crippen molar-refractivity contribution in [2.75, 3.05) is 16.9 Å². The number of carbonyl (C=O) groups is 1. The normalized spacial score (nSPS) is 18.6. The van der Waals surface area contributed by atoms with Crippen molar-refractivity contribution in [3.05, 3.63) is 35.7 Å². The lowest BCUT2D eigenvalue weighted by Gasteiger charge is -2.26. The van der Waals surface area contributed by atoms with E-state index in [2.05, 4.69) is 31.7 Å². The Bertz CT molecular complexity index is 1230. The Hall–Kier alpha value is -2.82. The maximum absolute atomic E-state index is 13.3. The summed E-state index contributed by atoms with van der Waals surface area (Å²) in [6.07, 6.45) is 2.13. The number of amides is 1. The second-order valence-corrected chi connectivity index (χ2v) is 9.24. The third kappa shape index (κ3) is 5.24. The average Bonchev–Trinajstić information content (AvgIpc) is 3.23. The van der Waals surface area contributed by atoms with Crippen LogP contribution < -0.4 is 10.6 Å². The van der Waals surface area contributed by atoms with Crippen LogP contribution in [0.4, 0.5) is 34.8 Å². The summed E-state index contributed by atoms with van der Waals surface area (Å²) in [7, 11) is 0. The molecule has 0 spiro atoms. The lowest BCUT2D eigenvalue weighted by Crippen LogP contribution is -2.18. The summed E-state index contributed by atoms with van der Waals surface area (Å²) in [5, 5.41) is 5.59. The summed E-state index contributed by atoms with van der Waals surface area (Å²) in [6, 6.07) is 7.52. The van der Waals surface area contributed by atoms with Crippen molar-refractivity contribution in [1.82, 2.24) is 15.0 Å². The van der Waals surface area contributed by atoms with Crippen molar-refractivity contribution in [2.45, 2.75) is 62.7 Å². The number of rotatable bonds is 7. The van der Waals surface area contributed by atoms with Gasteiger partial charge in [-0.3, -0.25) is 4.79 Å². The van der Waals surface area contributed by atoms with Gasteiger partial charge in [0.05, 0.1) is 11.4 Å². The van der Waals surface area contributed by atoms with Crippen LogP contribution in [-0.4, -0.2) is 33.0 Å². The number of pyridine rings is 1. The number of carbonyl (C=O) groups excluding carboxylic acids is 1. The van der Waals surface area contributed by atoms with E-state index >= 15 is 0 Å². The summed E-state index contributed by atoms with van der Waals surface area (Å²) >= 11 is 1.55. The fourth-order valence-corrected chi connectivity index (χ4v) is 4.53. The van der Waals surface area contributed by atoms with Gasteiger partial charge >= 0.3 is 0 Å². The smallest absolute Gasteiger partial charge is 0.295 e. The molecule has 3 aromatic rings. The van der Waals surface area contributed by atoms with Gasteiger partial charge in [-0.05, 0) is 42.7 Å². The molecule has 0 bridgehead atoms. The predicted octanol–water partition coefficient (Wildman–Crippen LogP) is 7.25. The van der Waals surface area contributed by atoms with E-state index in [1.54, 1.807) is 11.8 Å². The number of benzene rings is 1. The Morgan fingerprint density at radius 1 is 1.17 bits per heavy atom. The largest absolute Gasteiger partial charge is 0.353 e. The van der Waals surface area contributed by atoms with Gasteiger partial charge in [-0.2, -0.15) is 0 Å². The average molecular weight is 510 g/mol. The van der Waals surface area contributed by atoms with Gasteiger partial charge in [0.15, 0.2) is 11.5 Å². The van der Waals surface area contributed by atoms with Crippen molar-refractivity contribution >= 4 is 46.0 Å². The number of nitrogens with one attached hydrogen (secondary N) is 3. The third-order valence-electron chi connectivity index (χ3n) is 6.15. The Labute approximate surface area is 204 Å². The number of fused-ring (bicyclic) bond motifs is 1. The minimum atomic E-state index is -3.03. The summed E-state index contributed by atoms with van der Waals surface area (Å²) < 4.78 is 53.0. The fourth-order valence-electron chi connectivity index (χ4n) is 3.93. The summed E-state index contributed by atoms with van der Waals surface area (Å²) in [5.74, 6) is -5.35. The zero-order valence-corrected chi connectivity index (χ0v) is 20.4. The van der Waals surface area contributed by atoms with E-state index in [-0.39, 0.29) is 17.0 Å². The second kappa shape index (κ2) is 10.0. The molecule has 11 heteroatoms. The Morgan fingerprint density at radius 3 is 2.46 bits per heavy atom. The third-order valence-corrected chi connectivity index (χ3v) is 6.93. The van der Waals surface area contributed by atoms with E-state index in [1.807, 2.05) is 32.2 Å². The molecule has 0 radical (unpaired) electrons. The Kier molecular flexibility index (Phi) is 7.25. The number of H-pyrrole nitrogens is 1. The molecule has 1 amide bonds. The predicted molar refractivity (Wildman–Crippen MR) is 130 cm³/mol. The number of hydrogen-bond acceptors (Lipinski definition) is 5. The van der Waals surface area contributed by atoms with Crippen molar-refractivity contribution in [2.24, 2.45) is 5.92 Å².